The fourth-order valence-electron chi connectivity index (χ4n) is 1.62. The van der Waals surface area contributed by atoms with Crippen molar-refractivity contribution in [3.63, 3.8) is 0 Å². The van der Waals surface area contributed by atoms with Crippen molar-refractivity contribution in [2.75, 3.05) is 19.8 Å². The Morgan fingerprint density at radius 2 is 1.68 bits per heavy atom. The first-order valence-corrected chi connectivity index (χ1v) is 7.39. The van der Waals surface area contributed by atoms with Crippen LogP contribution in [0.3, 0.4) is 0 Å². The van der Waals surface area contributed by atoms with Crippen LogP contribution < -0.4 is 14.8 Å². The molecule has 0 spiro atoms. The molecule has 0 saturated heterocycles. The molecule has 6 nitrogen and oxygen atoms in total. The minimum Gasteiger partial charge on any atom is -0.494 e. The minimum absolute atomic E-state index is 0.251. The van der Waals surface area contributed by atoms with Crippen molar-refractivity contribution < 1.29 is 23.8 Å². The lowest BCUT2D eigenvalue weighted by Gasteiger charge is -2.13. The molecule has 0 aliphatic carbocycles. The van der Waals surface area contributed by atoms with Crippen LogP contribution in [0.1, 0.15) is 27.2 Å². The van der Waals surface area contributed by atoms with E-state index in [4.69, 9.17) is 14.2 Å². The average molecular weight is 309 g/mol. The molecule has 1 N–H and O–H groups in total. The third-order valence-corrected chi connectivity index (χ3v) is 2.72. The number of hydrogen-bond acceptors (Lipinski definition) is 5. The van der Waals surface area contributed by atoms with Crippen LogP contribution in [0.2, 0.25) is 0 Å². The van der Waals surface area contributed by atoms with E-state index in [0.29, 0.717) is 18.9 Å². The molecule has 1 amide bonds. The molecule has 0 saturated carbocycles. The first kappa shape index (κ1) is 17.8. The van der Waals surface area contributed by atoms with Crippen LogP contribution in [0.5, 0.6) is 11.5 Å². The largest absolute Gasteiger partial charge is 0.494 e. The molecule has 0 unspecified atom stereocenters. The van der Waals surface area contributed by atoms with E-state index in [9.17, 15) is 9.59 Å². The summed E-state index contributed by atoms with van der Waals surface area (Å²) in [6, 6.07) is 6.92. The molecular weight excluding hydrogens is 286 g/mol. The third kappa shape index (κ3) is 6.47. The maximum absolute atomic E-state index is 11.6. The standard InChI is InChI=1S/C16H23NO5/c1-4-10-17-16(19)12(3)22-15(18)11-21-14-8-6-13(7-9-14)20-5-2/h6-9,12H,4-5,10-11H2,1-3H3,(H,17,19)/t12-/m1/s1. The second kappa shape index (κ2) is 9.65. The highest BCUT2D eigenvalue weighted by molar-refractivity contribution is 5.83. The fourth-order valence-corrected chi connectivity index (χ4v) is 1.62. The number of hydrogen-bond donors (Lipinski definition) is 1. The van der Waals surface area contributed by atoms with E-state index in [2.05, 4.69) is 5.32 Å². The molecule has 0 radical (unpaired) electrons. The highest BCUT2D eigenvalue weighted by Gasteiger charge is 2.17. The number of carbonyl (C=O) groups is 2. The lowest BCUT2D eigenvalue weighted by Crippen LogP contribution is -2.37. The Hall–Kier alpha value is -2.24. The van der Waals surface area contributed by atoms with E-state index >= 15 is 0 Å². The van der Waals surface area contributed by atoms with Crippen molar-refractivity contribution in [3.05, 3.63) is 24.3 Å². The maximum atomic E-state index is 11.6. The summed E-state index contributed by atoms with van der Waals surface area (Å²) in [4.78, 5) is 23.2. The summed E-state index contributed by atoms with van der Waals surface area (Å²) in [7, 11) is 0. The topological polar surface area (TPSA) is 73.9 Å². The number of benzene rings is 1. The molecule has 1 rings (SSSR count). The van der Waals surface area contributed by atoms with Crippen molar-refractivity contribution in [2.45, 2.75) is 33.3 Å². The molecule has 0 aromatic heterocycles. The van der Waals surface area contributed by atoms with Crippen molar-refractivity contribution >= 4 is 11.9 Å². The van der Waals surface area contributed by atoms with E-state index < -0.39 is 12.1 Å². The predicted octanol–water partition coefficient (Wildman–Crippen LogP) is 1.92. The van der Waals surface area contributed by atoms with Gasteiger partial charge in [-0.3, -0.25) is 4.79 Å². The number of carbonyl (C=O) groups excluding carboxylic acids is 2. The van der Waals surface area contributed by atoms with Gasteiger partial charge in [-0.15, -0.1) is 0 Å². The quantitative estimate of drug-likeness (QED) is 0.706. The van der Waals surface area contributed by atoms with E-state index in [1.54, 1.807) is 24.3 Å². The summed E-state index contributed by atoms with van der Waals surface area (Å²) in [5.74, 6) is 0.367. The van der Waals surface area contributed by atoms with Gasteiger partial charge in [-0.05, 0) is 44.5 Å². The summed E-state index contributed by atoms with van der Waals surface area (Å²) in [5, 5.41) is 2.66. The van der Waals surface area contributed by atoms with Crippen LogP contribution >= 0.6 is 0 Å². The smallest absolute Gasteiger partial charge is 0.344 e. The van der Waals surface area contributed by atoms with Crippen LogP contribution in [0, 0.1) is 0 Å². The van der Waals surface area contributed by atoms with Gasteiger partial charge in [0.15, 0.2) is 12.7 Å². The molecule has 1 atom stereocenters. The Morgan fingerprint density at radius 1 is 1.09 bits per heavy atom. The van der Waals surface area contributed by atoms with Gasteiger partial charge in [0.1, 0.15) is 11.5 Å². The Morgan fingerprint density at radius 3 is 2.23 bits per heavy atom. The maximum Gasteiger partial charge on any atom is 0.344 e. The van der Waals surface area contributed by atoms with Gasteiger partial charge in [-0.2, -0.15) is 0 Å². The number of rotatable bonds is 9. The van der Waals surface area contributed by atoms with Crippen LogP contribution in [-0.2, 0) is 14.3 Å². The van der Waals surface area contributed by atoms with Gasteiger partial charge >= 0.3 is 5.97 Å². The summed E-state index contributed by atoms with van der Waals surface area (Å²) in [6.07, 6.45) is -0.00393. The summed E-state index contributed by atoms with van der Waals surface area (Å²) < 4.78 is 15.6. The van der Waals surface area contributed by atoms with Crippen molar-refractivity contribution in [2.24, 2.45) is 0 Å². The first-order valence-electron chi connectivity index (χ1n) is 7.39. The van der Waals surface area contributed by atoms with Gasteiger partial charge in [0.2, 0.25) is 0 Å². The van der Waals surface area contributed by atoms with Crippen molar-refractivity contribution in [1.29, 1.82) is 0 Å². The average Bonchev–Trinajstić information content (AvgIpc) is 2.52. The Bertz CT molecular complexity index is 472. The van der Waals surface area contributed by atoms with Gasteiger partial charge in [0.05, 0.1) is 6.61 Å². The van der Waals surface area contributed by atoms with Crippen LogP contribution in [0.4, 0.5) is 0 Å². The summed E-state index contributed by atoms with van der Waals surface area (Å²) >= 11 is 0. The Balaban J connectivity index is 2.34. The summed E-state index contributed by atoms with van der Waals surface area (Å²) in [5.41, 5.74) is 0. The number of nitrogens with one attached hydrogen (secondary N) is 1. The van der Waals surface area contributed by atoms with Crippen molar-refractivity contribution in [1.82, 2.24) is 5.32 Å². The van der Waals surface area contributed by atoms with E-state index in [1.807, 2.05) is 13.8 Å². The van der Waals surface area contributed by atoms with Gasteiger partial charge in [0.25, 0.3) is 5.91 Å². The molecule has 0 aliphatic rings. The molecule has 22 heavy (non-hydrogen) atoms. The predicted molar refractivity (Wildman–Crippen MR) is 82.0 cm³/mol. The third-order valence-electron chi connectivity index (χ3n) is 2.72. The molecular formula is C16H23NO5. The lowest BCUT2D eigenvalue weighted by molar-refractivity contribution is -0.156. The SMILES string of the molecule is CCCNC(=O)[C@@H](C)OC(=O)COc1ccc(OCC)cc1. The zero-order chi connectivity index (χ0) is 16.4. The monoisotopic (exact) mass is 309 g/mol. The molecule has 1 aromatic carbocycles. The van der Waals surface area contributed by atoms with Crippen LogP contribution in [-0.4, -0.2) is 37.7 Å². The van der Waals surface area contributed by atoms with Gasteiger partial charge in [-0.25, -0.2) is 4.79 Å². The highest BCUT2D eigenvalue weighted by Crippen LogP contribution is 2.17. The first-order chi connectivity index (χ1) is 10.6. The number of amides is 1. The van der Waals surface area contributed by atoms with Crippen molar-refractivity contribution in [3.8, 4) is 11.5 Å². The van der Waals surface area contributed by atoms with Gasteiger partial charge in [-0.1, -0.05) is 6.92 Å². The Kier molecular flexibility index (Phi) is 7.81. The van der Waals surface area contributed by atoms with Gasteiger partial charge < -0.3 is 19.5 Å². The zero-order valence-corrected chi connectivity index (χ0v) is 13.3. The molecule has 6 heteroatoms. The van der Waals surface area contributed by atoms with E-state index in [1.165, 1.54) is 6.92 Å². The van der Waals surface area contributed by atoms with E-state index in [0.717, 1.165) is 12.2 Å². The second-order valence-corrected chi connectivity index (χ2v) is 4.62. The van der Waals surface area contributed by atoms with Crippen LogP contribution in [0.25, 0.3) is 0 Å². The minimum atomic E-state index is -0.831. The molecule has 0 aliphatic heterocycles. The number of esters is 1. The molecule has 1 aromatic rings. The molecule has 0 heterocycles. The van der Waals surface area contributed by atoms with Crippen LogP contribution in [0.15, 0.2) is 24.3 Å². The zero-order valence-electron chi connectivity index (χ0n) is 13.3. The fraction of sp³-hybridized carbons (Fsp3) is 0.500. The lowest BCUT2D eigenvalue weighted by atomic mass is 10.3. The number of ether oxygens (including phenoxy) is 3. The highest BCUT2D eigenvalue weighted by atomic mass is 16.6. The molecule has 0 bridgehead atoms. The second-order valence-electron chi connectivity index (χ2n) is 4.62. The Labute approximate surface area is 130 Å². The summed E-state index contributed by atoms with van der Waals surface area (Å²) in [6.45, 7) is 6.27. The van der Waals surface area contributed by atoms with Gasteiger partial charge in [0, 0.05) is 6.54 Å². The molecule has 122 valence electrons. The van der Waals surface area contributed by atoms with E-state index in [-0.39, 0.29) is 12.5 Å². The normalized spacial score (nSPS) is 11.4. The molecule has 0 fully saturated rings.